The third-order valence-electron chi connectivity index (χ3n) is 4.77. The molecule has 6 nitrogen and oxygen atoms in total. The average molecular weight is 410 g/mol. The van der Waals surface area contributed by atoms with Gasteiger partial charge in [0.2, 0.25) is 10.0 Å². The fourth-order valence-corrected chi connectivity index (χ4v) is 7.19. The lowest BCUT2D eigenvalue weighted by molar-refractivity contribution is 0.125. The Bertz CT molecular complexity index is 1030. The molecule has 0 aromatic heterocycles. The summed E-state index contributed by atoms with van der Waals surface area (Å²) in [5.74, 6) is -0.809. The minimum atomic E-state index is -4.01. The van der Waals surface area contributed by atoms with Crippen molar-refractivity contribution in [2.75, 3.05) is 11.5 Å². The summed E-state index contributed by atoms with van der Waals surface area (Å²) in [4.78, 5) is 0.134. The maximum atomic E-state index is 13.5. The van der Waals surface area contributed by atoms with Gasteiger partial charge in [-0.2, -0.15) is 4.31 Å². The van der Waals surface area contributed by atoms with E-state index < -0.39 is 37.8 Å². The molecule has 1 fully saturated rings. The summed E-state index contributed by atoms with van der Waals surface area (Å²) in [6, 6.07) is 13.1. The largest absolute Gasteiger partial charge is 0.390 e. The van der Waals surface area contributed by atoms with Crippen molar-refractivity contribution in [3.63, 3.8) is 0 Å². The number of hydrogen-bond acceptors (Lipinski definition) is 5. The van der Waals surface area contributed by atoms with Gasteiger partial charge < -0.3 is 5.11 Å². The number of sulfone groups is 1. The standard InChI is InChI=1S/C19H23NO5S2/c1-14-8-9-15(2)19(10-14)27(24,25)20(11-16-6-4-3-5-7-16)17-12-26(22,23)13-18(17)21/h3-10,17-18,21H,11-13H2,1-2H3/t17-,18+/m0/s1. The molecule has 1 aliphatic heterocycles. The van der Waals surface area contributed by atoms with E-state index >= 15 is 0 Å². The van der Waals surface area contributed by atoms with Crippen molar-refractivity contribution in [3.8, 4) is 0 Å². The first-order valence-electron chi connectivity index (χ1n) is 8.62. The first kappa shape index (κ1) is 20.0. The first-order chi connectivity index (χ1) is 12.6. The fourth-order valence-electron chi connectivity index (χ4n) is 3.34. The van der Waals surface area contributed by atoms with Crippen LogP contribution in [0.5, 0.6) is 0 Å². The molecule has 1 saturated heterocycles. The Morgan fingerprint density at radius 2 is 1.74 bits per heavy atom. The predicted molar refractivity (Wildman–Crippen MR) is 104 cm³/mol. The van der Waals surface area contributed by atoms with Gasteiger partial charge in [-0.05, 0) is 36.6 Å². The summed E-state index contributed by atoms with van der Waals surface area (Å²) in [7, 11) is -7.51. The van der Waals surface area contributed by atoms with Gasteiger partial charge in [0.05, 0.1) is 28.5 Å². The van der Waals surface area contributed by atoms with Gasteiger partial charge in [0, 0.05) is 6.54 Å². The second-order valence-electron chi connectivity index (χ2n) is 7.02. The van der Waals surface area contributed by atoms with Crippen molar-refractivity contribution in [3.05, 3.63) is 65.2 Å². The monoisotopic (exact) mass is 409 g/mol. The summed E-state index contributed by atoms with van der Waals surface area (Å²) in [5, 5.41) is 10.3. The van der Waals surface area contributed by atoms with Crippen LogP contribution in [0.4, 0.5) is 0 Å². The number of nitrogens with zero attached hydrogens (tertiary/aromatic N) is 1. The van der Waals surface area contributed by atoms with Crippen LogP contribution < -0.4 is 0 Å². The summed E-state index contributed by atoms with van der Waals surface area (Å²) in [5.41, 5.74) is 2.09. The van der Waals surface area contributed by atoms with Crippen LogP contribution in [0.1, 0.15) is 16.7 Å². The molecule has 0 radical (unpaired) electrons. The maximum absolute atomic E-state index is 13.5. The number of rotatable bonds is 5. The van der Waals surface area contributed by atoms with Gasteiger partial charge in [-0.3, -0.25) is 0 Å². The quantitative estimate of drug-likeness (QED) is 0.811. The Kier molecular flexibility index (Phi) is 5.45. The van der Waals surface area contributed by atoms with E-state index in [-0.39, 0.29) is 17.2 Å². The highest BCUT2D eigenvalue weighted by atomic mass is 32.2. The molecule has 27 heavy (non-hydrogen) atoms. The van der Waals surface area contributed by atoms with Crippen molar-refractivity contribution >= 4 is 19.9 Å². The van der Waals surface area contributed by atoms with Crippen LogP contribution in [0.2, 0.25) is 0 Å². The molecule has 2 aromatic carbocycles. The molecule has 8 heteroatoms. The Morgan fingerprint density at radius 3 is 2.33 bits per heavy atom. The van der Waals surface area contributed by atoms with Gasteiger partial charge in [0.1, 0.15) is 0 Å². The first-order valence-corrected chi connectivity index (χ1v) is 11.9. The number of aliphatic hydroxyl groups excluding tert-OH is 1. The molecule has 1 N–H and O–H groups in total. The van der Waals surface area contributed by atoms with E-state index in [2.05, 4.69) is 0 Å². The lowest BCUT2D eigenvalue weighted by Crippen LogP contribution is -2.46. The molecular weight excluding hydrogens is 386 g/mol. The number of aryl methyl sites for hydroxylation is 2. The SMILES string of the molecule is Cc1ccc(C)c(S(=O)(=O)N(Cc2ccccc2)[C@H]2CS(=O)(=O)C[C@H]2O)c1. The molecule has 0 spiro atoms. The van der Waals surface area contributed by atoms with Gasteiger partial charge in [0.15, 0.2) is 9.84 Å². The van der Waals surface area contributed by atoms with Crippen molar-refractivity contribution in [2.45, 2.75) is 37.4 Å². The van der Waals surface area contributed by atoms with Crippen LogP contribution in [0, 0.1) is 13.8 Å². The molecule has 0 bridgehead atoms. The average Bonchev–Trinajstić information content (AvgIpc) is 2.87. The summed E-state index contributed by atoms with van der Waals surface area (Å²) in [6.07, 6.45) is -1.25. The van der Waals surface area contributed by atoms with Crippen LogP contribution in [0.15, 0.2) is 53.4 Å². The molecule has 0 aliphatic carbocycles. The molecular formula is C19H23NO5S2. The lowest BCUT2D eigenvalue weighted by atomic mass is 10.2. The number of hydrogen-bond donors (Lipinski definition) is 1. The minimum absolute atomic E-state index is 0.00615. The molecule has 0 unspecified atom stereocenters. The molecule has 146 valence electrons. The molecule has 2 aromatic rings. The van der Waals surface area contributed by atoms with E-state index in [1.54, 1.807) is 50.2 Å². The molecule has 2 atom stereocenters. The van der Waals surface area contributed by atoms with Crippen LogP contribution in [0.25, 0.3) is 0 Å². The number of sulfonamides is 1. The maximum Gasteiger partial charge on any atom is 0.244 e. The lowest BCUT2D eigenvalue weighted by Gasteiger charge is -2.30. The van der Waals surface area contributed by atoms with E-state index in [1.165, 1.54) is 0 Å². The second kappa shape index (κ2) is 7.35. The van der Waals surface area contributed by atoms with Gasteiger partial charge in [-0.15, -0.1) is 0 Å². The van der Waals surface area contributed by atoms with E-state index in [0.29, 0.717) is 5.56 Å². The van der Waals surface area contributed by atoms with E-state index in [1.807, 2.05) is 12.1 Å². The third kappa shape index (κ3) is 4.24. The Labute approximate surface area is 160 Å². The zero-order chi connectivity index (χ0) is 19.8. The van der Waals surface area contributed by atoms with Crippen molar-refractivity contribution < 1.29 is 21.9 Å². The van der Waals surface area contributed by atoms with Crippen LogP contribution in [0.3, 0.4) is 0 Å². The van der Waals surface area contributed by atoms with Gasteiger partial charge in [-0.25, -0.2) is 16.8 Å². The molecule has 1 aliphatic rings. The van der Waals surface area contributed by atoms with E-state index in [0.717, 1.165) is 15.4 Å². The highest BCUT2D eigenvalue weighted by Gasteiger charge is 2.45. The summed E-state index contributed by atoms with van der Waals surface area (Å²) >= 11 is 0. The van der Waals surface area contributed by atoms with Gasteiger partial charge in [0.25, 0.3) is 0 Å². The summed E-state index contributed by atoms with van der Waals surface area (Å²) in [6.45, 7) is 3.50. The molecule has 1 heterocycles. The normalized spacial score (nSPS) is 22.2. The molecule has 3 rings (SSSR count). The second-order valence-corrected chi connectivity index (χ2v) is 11.0. The smallest absolute Gasteiger partial charge is 0.244 e. The predicted octanol–water partition coefficient (Wildman–Crippen LogP) is 1.65. The van der Waals surface area contributed by atoms with E-state index in [9.17, 15) is 21.9 Å². The van der Waals surface area contributed by atoms with Crippen molar-refractivity contribution in [2.24, 2.45) is 0 Å². The topological polar surface area (TPSA) is 91.8 Å². The summed E-state index contributed by atoms with van der Waals surface area (Å²) < 4.78 is 52.1. The fraction of sp³-hybridized carbons (Fsp3) is 0.368. The number of aliphatic hydroxyl groups is 1. The van der Waals surface area contributed by atoms with E-state index in [4.69, 9.17) is 0 Å². The highest BCUT2D eigenvalue weighted by molar-refractivity contribution is 7.92. The zero-order valence-electron chi connectivity index (χ0n) is 15.2. The minimum Gasteiger partial charge on any atom is -0.390 e. The van der Waals surface area contributed by atoms with Crippen LogP contribution in [-0.4, -0.2) is 49.9 Å². The van der Waals surface area contributed by atoms with Crippen LogP contribution >= 0.6 is 0 Å². The third-order valence-corrected chi connectivity index (χ3v) is 8.49. The zero-order valence-corrected chi connectivity index (χ0v) is 16.9. The van der Waals surface area contributed by atoms with Crippen LogP contribution in [-0.2, 0) is 26.4 Å². The van der Waals surface area contributed by atoms with Crippen molar-refractivity contribution in [1.29, 1.82) is 0 Å². The Morgan fingerprint density at radius 1 is 1.07 bits per heavy atom. The number of benzene rings is 2. The molecule has 0 amide bonds. The van der Waals surface area contributed by atoms with Gasteiger partial charge in [-0.1, -0.05) is 42.5 Å². The molecule has 0 saturated carbocycles. The highest BCUT2D eigenvalue weighted by Crippen LogP contribution is 2.29. The van der Waals surface area contributed by atoms with Gasteiger partial charge >= 0.3 is 0 Å². The Hall–Kier alpha value is -1.74. The Balaban J connectivity index is 2.10. The van der Waals surface area contributed by atoms with Crippen molar-refractivity contribution in [1.82, 2.24) is 4.31 Å².